The van der Waals surface area contributed by atoms with Gasteiger partial charge in [-0.25, -0.2) is 0 Å². The number of carbonyl (C=O) groups is 3. The maximum absolute atomic E-state index is 13.7. The van der Waals surface area contributed by atoms with Crippen LogP contribution in [0.15, 0.2) is 12.2 Å². The van der Waals surface area contributed by atoms with Gasteiger partial charge in [0.05, 0.1) is 18.6 Å². The van der Waals surface area contributed by atoms with Crippen LogP contribution in [0, 0.1) is 34.0 Å². The van der Waals surface area contributed by atoms with Crippen LogP contribution in [0.3, 0.4) is 0 Å². The largest absolute Gasteiger partial charge is 0.465 e. The monoisotopic (exact) mass is 448 g/mol. The number of carbonyl (C=O) groups excluding carboxylic acids is 3. The zero-order valence-electron chi connectivity index (χ0n) is 18.9. The predicted molar refractivity (Wildman–Crippen MR) is 110 cm³/mol. The molecule has 0 amide bonds. The average Bonchev–Trinajstić information content (AvgIpc) is 2.90. The zero-order valence-corrected chi connectivity index (χ0v) is 18.9. The van der Waals surface area contributed by atoms with E-state index in [0.29, 0.717) is 31.3 Å². The topological polar surface area (TPSA) is 119 Å². The molecule has 0 aromatic carbocycles. The summed E-state index contributed by atoms with van der Waals surface area (Å²) < 4.78 is 17.2. The number of ether oxygens (including phenoxy) is 3. The van der Waals surface area contributed by atoms with Gasteiger partial charge in [0.15, 0.2) is 5.78 Å². The number of aliphatic hydroxyl groups excluding tert-OH is 1. The summed E-state index contributed by atoms with van der Waals surface area (Å²) >= 11 is 0. The molecule has 8 heteroatoms. The van der Waals surface area contributed by atoms with Crippen molar-refractivity contribution in [1.82, 2.24) is 0 Å². The van der Waals surface area contributed by atoms with E-state index in [9.17, 15) is 24.6 Å². The van der Waals surface area contributed by atoms with E-state index < -0.39 is 58.0 Å². The number of fused-ring (bicyclic) bond motifs is 2. The molecular weight excluding hydrogens is 416 g/mol. The fraction of sp³-hybridized carbons (Fsp3) is 0.792. The standard InChI is InChI=1S/C24H32O8/c1-12-15-8-16(32-14(3)26)17-22-7-5-6-21(4,10-30-13(2)25)18(22)20(28)24(29,31-11-22)23(17,9-15)19(12)27/h15-18,20,28-29H,1,5-11H2,2-4H3/t15-,16+,17-,18+,20-,21-,22+,23-,24+/m0/s1. The molecule has 0 unspecified atom stereocenters. The van der Waals surface area contributed by atoms with Gasteiger partial charge in [0.1, 0.15) is 12.2 Å². The summed E-state index contributed by atoms with van der Waals surface area (Å²) in [4.78, 5) is 37.4. The minimum absolute atomic E-state index is 0.100. The van der Waals surface area contributed by atoms with Crippen molar-refractivity contribution in [1.29, 1.82) is 0 Å². The SMILES string of the molecule is C=C1C(=O)[C@]23C[C@@H]1C[C@@H](OC(C)=O)[C@H]2[C@]12CCC[C@@](C)(COC(C)=O)[C@H]1[C@H](O)[C@@]3(O)OC2. The number of hydrogen-bond acceptors (Lipinski definition) is 8. The molecule has 2 heterocycles. The number of hydrogen-bond donors (Lipinski definition) is 2. The van der Waals surface area contributed by atoms with Gasteiger partial charge in [0, 0.05) is 36.5 Å². The first-order chi connectivity index (χ1) is 14.9. The van der Waals surface area contributed by atoms with Crippen LogP contribution in [0.4, 0.5) is 0 Å². The molecule has 176 valence electrons. The van der Waals surface area contributed by atoms with Crippen LogP contribution in [-0.2, 0) is 28.6 Å². The first-order valence-corrected chi connectivity index (χ1v) is 11.5. The first kappa shape index (κ1) is 22.0. The number of allylic oxidation sites excluding steroid dienone is 1. The van der Waals surface area contributed by atoms with Crippen LogP contribution in [0.25, 0.3) is 0 Å². The van der Waals surface area contributed by atoms with Crippen LogP contribution in [0.5, 0.6) is 0 Å². The van der Waals surface area contributed by atoms with Gasteiger partial charge in [0.25, 0.3) is 0 Å². The maximum atomic E-state index is 13.7. The van der Waals surface area contributed by atoms with E-state index in [1.807, 2.05) is 6.92 Å². The molecule has 4 aliphatic carbocycles. The lowest BCUT2D eigenvalue weighted by Gasteiger charge is -2.74. The van der Waals surface area contributed by atoms with Crippen molar-refractivity contribution in [3.8, 4) is 0 Å². The van der Waals surface area contributed by atoms with Crippen LogP contribution >= 0.6 is 0 Å². The molecule has 4 saturated carbocycles. The zero-order chi connectivity index (χ0) is 23.3. The van der Waals surface area contributed by atoms with E-state index in [1.54, 1.807) is 0 Å². The molecule has 8 nitrogen and oxygen atoms in total. The Kier molecular flexibility index (Phi) is 4.57. The highest BCUT2D eigenvalue weighted by Crippen LogP contribution is 2.76. The second-order valence-electron chi connectivity index (χ2n) is 11.0. The Labute approximate surface area is 187 Å². The molecule has 32 heavy (non-hydrogen) atoms. The van der Waals surface area contributed by atoms with Crippen LogP contribution < -0.4 is 0 Å². The Morgan fingerprint density at radius 2 is 1.94 bits per heavy atom. The van der Waals surface area contributed by atoms with Gasteiger partial charge in [-0.3, -0.25) is 14.4 Å². The van der Waals surface area contributed by atoms with Crippen molar-refractivity contribution in [2.24, 2.45) is 34.0 Å². The predicted octanol–water partition coefficient (Wildman–Crippen LogP) is 1.52. The van der Waals surface area contributed by atoms with E-state index in [1.165, 1.54) is 13.8 Å². The minimum Gasteiger partial charge on any atom is -0.465 e. The molecule has 6 rings (SSSR count). The Morgan fingerprint density at radius 1 is 1.22 bits per heavy atom. The van der Waals surface area contributed by atoms with Crippen molar-refractivity contribution in [2.75, 3.05) is 13.2 Å². The molecule has 2 saturated heterocycles. The molecule has 0 radical (unpaired) electrons. The molecule has 6 aliphatic rings. The van der Waals surface area contributed by atoms with E-state index in [0.717, 1.165) is 6.42 Å². The van der Waals surface area contributed by atoms with Gasteiger partial charge in [-0.1, -0.05) is 19.9 Å². The number of esters is 2. The molecule has 2 N–H and O–H groups in total. The number of aliphatic hydroxyl groups is 2. The summed E-state index contributed by atoms with van der Waals surface area (Å²) in [6.07, 6.45) is 1.00. The number of ketones is 1. The lowest BCUT2D eigenvalue weighted by Crippen LogP contribution is -2.83. The van der Waals surface area contributed by atoms with Crippen molar-refractivity contribution < 1.29 is 38.8 Å². The Morgan fingerprint density at radius 3 is 2.59 bits per heavy atom. The molecule has 4 bridgehead atoms. The van der Waals surface area contributed by atoms with E-state index >= 15 is 0 Å². The lowest BCUT2D eigenvalue weighted by molar-refractivity contribution is -0.446. The van der Waals surface area contributed by atoms with E-state index in [4.69, 9.17) is 14.2 Å². The molecule has 6 fully saturated rings. The van der Waals surface area contributed by atoms with Gasteiger partial charge < -0.3 is 24.4 Å². The first-order valence-electron chi connectivity index (χ1n) is 11.5. The second-order valence-corrected chi connectivity index (χ2v) is 11.0. The summed E-state index contributed by atoms with van der Waals surface area (Å²) in [6.45, 7) is 8.90. The minimum atomic E-state index is -2.12. The van der Waals surface area contributed by atoms with E-state index in [2.05, 4.69) is 6.58 Å². The van der Waals surface area contributed by atoms with Gasteiger partial charge >= 0.3 is 11.9 Å². The highest BCUT2D eigenvalue weighted by molar-refractivity contribution is 6.04. The normalized spacial score (nSPS) is 51.1. The molecule has 2 spiro atoms. The van der Waals surface area contributed by atoms with Crippen molar-refractivity contribution in [3.63, 3.8) is 0 Å². The molecule has 0 aromatic heterocycles. The second kappa shape index (κ2) is 6.64. The number of Topliss-reactive ketones (excluding diaryl/α,β-unsaturated/α-hetero) is 1. The van der Waals surface area contributed by atoms with Gasteiger partial charge in [0.2, 0.25) is 5.79 Å². The van der Waals surface area contributed by atoms with Gasteiger partial charge in [-0.2, -0.15) is 0 Å². The summed E-state index contributed by atoms with van der Waals surface area (Å²) in [5.41, 5.74) is -2.32. The van der Waals surface area contributed by atoms with E-state index in [-0.39, 0.29) is 24.9 Å². The van der Waals surface area contributed by atoms with Crippen LogP contribution in [0.1, 0.15) is 52.9 Å². The molecule has 0 aromatic rings. The molecular formula is C24H32O8. The highest BCUT2D eigenvalue weighted by atomic mass is 16.6. The maximum Gasteiger partial charge on any atom is 0.302 e. The summed E-state index contributed by atoms with van der Waals surface area (Å²) in [5, 5.41) is 23.6. The summed E-state index contributed by atoms with van der Waals surface area (Å²) in [7, 11) is 0. The lowest BCUT2D eigenvalue weighted by atomic mass is 9.36. The van der Waals surface area contributed by atoms with Crippen molar-refractivity contribution >= 4 is 17.7 Å². The Hall–Kier alpha value is -1.77. The smallest absolute Gasteiger partial charge is 0.302 e. The van der Waals surface area contributed by atoms with Gasteiger partial charge in [-0.05, 0) is 37.2 Å². The van der Waals surface area contributed by atoms with Crippen molar-refractivity contribution in [2.45, 2.75) is 70.9 Å². The fourth-order valence-electron chi connectivity index (χ4n) is 8.53. The van der Waals surface area contributed by atoms with Crippen LogP contribution in [-0.4, -0.2) is 59.1 Å². The third-order valence-corrected chi connectivity index (χ3v) is 9.40. The molecule has 2 aliphatic heterocycles. The van der Waals surface area contributed by atoms with Crippen molar-refractivity contribution in [3.05, 3.63) is 12.2 Å². The average molecular weight is 449 g/mol. The van der Waals surface area contributed by atoms with Gasteiger partial charge in [-0.15, -0.1) is 0 Å². The number of rotatable bonds is 3. The Balaban J connectivity index is 1.70. The third kappa shape index (κ3) is 2.41. The third-order valence-electron chi connectivity index (χ3n) is 9.40. The fourth-order valence-corrected chi connectivity index (χ4v) is 8.53. The summed E-state index contributed by atoms with van der Waals surface area (Å²) in [5.74, 6) is -4.48. The highest BCUT2D eigenvalue weighted by Gasteiger charge is 2.85. The quantitative estimate of drug-likeness (QED) is 0.493. The van der Waals surface area contributed by atoms with Crippen LogP contribution in [0.2, 0.25) is 0 Å². The summed E-state index contributed by atoms with van der Waals surface area (Å²) in [6, 6.07) is 0. The Bertz CT molecular complexity index is 914. The molecule has 9 atom stereocenters.